The van der Waals surface area contributed by atoms with Crippen molar-refractivity contribution in [1.82, 2.24) is 10.2 Å². The fourth-order valence-corrected chi connectivity index (χ4v) is 4.02. The maximum absolute atomic E-state index is 13.0. The first-order valence-electron chi connectivity index (χ1n) is 9.20. The normalized spacial score (nSPS) is 24.9. The summed E-state index contributed by atoms with van der Waals surface area (Å²) in [5.41, 5.74) is 6.32. The SMILES string of the molecule is COc1ccc(Cl)cc1C(=O)N1CCCC1C(=O)NC1CCC(N)CC1.Cl. The summed E-state index contributed by atoms with van der Waals surface area (Å²) in [6.07, 6.45) is 5.14. The Morgan fingerprint density at radius 1 is 1.22 bits per heavy atom. The smallest absolute Gasteiger partial charge is 0.258 e. The van der Waals surface area contributed by atoms with Crippen molar-refractivity contribution in [1.29, 1.82) is 0 Å². The van der Waals surface area contributed by atoms with Gasteiger partial charge in [-0.05, 0) is 56.7 Å². The Hall–Kier alpha value is -1.50. The van der Waals surface area contributed by atoms with Crippen molar-refractivity contribution in [2.24, 2.45) is 5.73 Å². The minimum absolute atomic E-state index is 0. The van der Waals surface area contributed by atoms with E-state index >= 15 is 0 Å². The van der Waals surface area contributed by atoms with E-state index in [4.69, 9.17) is 22.1 Å². The molecule has 27 heavy (non-hydrogen) atoms. The molecular weight excluding hydrogens is 389 g/mol. The fourth-order valence-electron chi connectivity index (χ4n) is 3.85. The van der Waals surface area contributed by atoms with E-state index < -0.39 is 6.04 Å². The second kappa shape index (κ2) is 9.62. The number of halogens is 2. The second-order valence-electron chi connectivity index (χ2n) is 7.12. The molecule has 1 aromatic carbocycles. The number of hydrogen-bond acceptors (Lipinski definition) is 4. The topological polar surface area (TPSA) is 84.7 Å². The highest BCUT2D eigenvalue weighted by Crippen LogP contribution is 2.28. The molecule has 0 bridgehead atoms. The number of likely N-dealkylation sites (tertiary alicyclic amines) is 1. The summed E-state index contributed by atoms with van der Waals surface area (Å²) in [4.78, 5) is 27.4. The predicted octanol–water partition coefficient (Wildman–Crippen LogP) is 2.76. The van der Waals surface area contributed by atoms with E-state index in [1.54, 1.807) is 23.1 Å². The van der Waals surface area contributed by atoms with Gasteiger partial charge in [-0.15, -0.1) is 12.4 Å². The lowest BCUT2D eigenvalue weighted by Gasteiger charge is -2.30. The van der Waals surface area contributed by atoms with Crippen molar-refractivity contribution in [2.45, 2.75) is 56.7 Å². The molecule has 3 N–H and O–H groups in total. The summed E-state index contributed by atoms with van der Waals surface area (Å²) >= 11 is 6.05. The lowest BCUT2D eigenvalue weighted by atomic mass is 9.91. The van der Waals surface area contributed by atoms with Gasteiger partial charge in [-0.25, -0.2) is 0 Å². The van der Waals surface area contributed by atoms with Gasteiger partial charge >= 0.3 is 0 Å². The number of carbonyl (C=O) groups excluding carboxylic acids is 2. The summed E-state index contributed by atoms with van der Waals surface area (Å²) in [7, 11) is 1.52. The van der Waals surface area contributed by atoms with E-state index in [1.807, 2.05) is 0 Å². The maximum atomic E-state index is 13.0. The molecule has 1 aliphatic heterocycles. The van der Waals surface area contributed by atoms with Crippen LogP contribution in [0.3, 0.4) is 0 Å². The minimum Gasteiger partial charge on any atom is -0.496 e. The van der Waals surface area contributed by atoms with Gasteiger partial charge in [-0.1, -0.05) is 11.6 Å². The van der Waals surface area contributed by atoms with Crippen LogP contribution in [0.4, 0.5) is 0 Å². The minimum atomic E-state index is -0.443. The summed E-state index contributed by atoms with van der Waals surface area (Å²) < 4.78 is 5.29. The molecular formula is C19H27Cl2N3O3. The zero-order valence-corrected chi connectivity index (χ0v) is 17.0. The molecule has 1 heterocycles. The molecule has 2 aliphatic rings. The highest BCUT2D eigenvalue weighted by Gasteiger charge is 2.36. The number of methoxy groups -OCH3 is 1. The quantitative estimate of drug-likeness (QED) is 0.791. The number of amides is 2. The Morgan fingerprint density at radius 2 is 1.93 bits per heavy atom. The molecule has 0 radical (unpaired) electrons. The summed E-state index contributed by atoms with van der Waals surface area (Å²) in [5.74, 6) is 0.178. The van der Waals surface area contributed by atoms with Gasteiger partial charge in [0.05, 0.1) is 12.7 Å². The summed E-state index contributed by atoms with van der Waals surface area (Å²) in [6.45, 7) is 0.558. The molecule has 150 valence electrons. The molecule has 6 nitrogen and oxygen atoms in total. The molecule has 2 amide bonds. The number of hydrogen-bond donors (Lipinski definition) is 2. The number of carbonyl (C=O) groups is 2. The molecule has 8 heteroatoms. The van der Waals surface area contributed by atoms with E-state index in [-0.39, 0.29) is 36.3 Å². The van der Waals surface area contributed by atoms with Gasteiger partial charge in [0.1, 0.15) is 11.8 Å². The van der Waals surface area contributed by atoms with Crippen LogP contribution in [-0.2, 0) is 4.79 Å². The Morgan fingerprint density at radius 3 is 2.59 bits per heavy atom. The third-order valence-electron chi connectivity index (χ3n) is 5.33. The van der Waals surface area contributed by atoms with Crippen LogP contribution in [0.1, 0.15) is 48.9 Å². The molecule has 1 unspecified atom stereocenters. The number of rotatable bonds is 4. The van der Waals surface area contributed by atoms with Gasteiger partial charge in [-0.3, -0.25) is 9.59 Å². The lowest BCUT2D eigenvalue weighted by Crippen LogP contribution is -2.50. The van der Waals surface area contributed by atoms with E-state index in [9.17, 15) is 9.59 Å². The average Bonchev–Trinajstić information content (AvgIpc) is 3.13. The Bertz CT molecular complexity index is 678. The first kappa shape index (κ1) is 21.8. The van der Waals surface area contributed by atoms with E-state index in [0.717, 1.165) is 32.1 Å². The zero-order valence-electron chi connectivity index (χ0n) is 15.4. The van der Waals surface area contributed by atoms with Gasteiger partial charge in [-0.2, -0.15) is 0 Å². The van der Waals surface area contributed by atoms with Crippen molar-refractivity contribution in [2.75, 3.05) is 13.7 Å². The van der Waals surface area contributed by atoms with Crippen molar-refractivity contribution >= 4 is 35.8 Å². The first-order chi connectivity index (χ1) is 12.5. The predicted molar refractivity (Wildman–Crippen MR) is 108 cm³/mol. The van der Waals surface area contributed by atoms with Crippen molar-refractivity contribution in [3.63, 3.8) is 0 Å². The van der Waals surface area contributed by atoms with Crippen LogP contribution in [0.5, 0.6) is 5.75 Å². The van der Waals surface area contributed by atoms with E-state index in [1.165, 1.54) is 7.11 Å². The van der Waals surface area contributed by atoms with Crippen LogP contribution < -0.4 is 15.8 Å². The van der Waals surface area contributed by atoms with Gasteiger partial charge in [0.25, 0.3) is 5.91 Å². The Labute approximate surface area is 171 Å². The Kier molecular flexibility index (Phi) is 7.77. The zero-order chi connectivity index (χ0) is 18.7. The molecule has 0 aromatic heterocycles. The number of ether oxygens (including phenoxy) is 1. The number of nitrogens with two attached hydrogens (primary N) is 1. The van der Waals surface area contributed by atoms with Crippen LogP contribution in [0, 0.1) is 0 Å². The highest BCUT2D eigenvalue weighted by atomic mass is 35.5. The van der Waals surface area contributed by atoms with Crippen LogP contribution in [-0.4, -0.2) is 48.5 Å². The van der Waals surface area contributed by atoms with Crippen LogP contribution in [0.25, 0.3) is 0 Å². The first-order valence-corrected chi connectivity index (χ1v) is 9.58. The molecule has 1 saturated heterocycles. The summed E-state index contributed by atoms with van der Waals surface area (Å²) in [5, 5.41) is 3.58. The standard InChI is InChI=1S/C19H26ClN3O3.ClH/c1-26-17-9-4-12(20)11-15(17)19(25)23-10-2-3-16(23)18(24)22-14-7-5-13(21)6-8-14;/h4,9,11,13-14,16H,2-3,5-8,10,21H2,1H3,(H,22,24);1H. The summed E-state index contributed by atoms with van der Waals surface area (Å²) in [6, 6.07) is 4.90. The van der Waals surface area contributed by atoms with Gasteiger partial charge in [0.2, 0.25) is 5.91 Å². The van der Waals surface area contributed by atoms with Gasteiger partial charge in [0, 0.05) is 23.7 Å². The molecule has 2 fully saturated rings. The van der Waals surface area contributed by atoms with Crippen molar-refractivity contribution in [3.8, 4) is 5.75 Å². The third-order valence-corrected chi connectivity index (χ3v) is 5.56. The van der Waals surface area contributed by atoms with Crippen molar-refractivity contribution < 1.29 is 14.3 Å². The van der Waals surface area contributed by atoms with Crippen molar-refractivity contribution in [3.05, 3.63) is 28.8 Å². The molecule has 0 spiro atoms. The highest BCUT2D eigenvalue weighted by molar-refractivity contribution is 6.31. The molecule has 1 atom stereocenters. The molecule has 1 saturated carbocycles. The van der Waals surface area contributed by atoms with Gasteiger partial charge < -0.3 is 20.7 Å². The molecule has 1 aliphatic carbocycles. The maximum Gasteiger partial charge on any atom is 0.258 e. The second-order valence-corrected chi connectivity index (χ2v) is 7.56. The lowest BCUT2D eigenvalue weighted by molar-refractivity contribution is -0.125. The molecule has 1 aromatic rings. The van der Waals surface area contributed by atoms with E-state index in [2.05, 4.69) is 5.32 Å². The largest absolute Gasteiger partial charge is 0.496 e. The fraction of sp³-hybridized carbons (Fsp3) is 0.579. The van der Waals surface area contributed by atoms with Crippen LogP contribution >= 0.6 is 24.0 Å². The molecule has 3 rings (SSSR count). The van der Waals surface area contributed by atoms with Gasteiger partial charge in [0.15, 0.2) is 0 Å². The third kappa shape index (κ3) is 5.06. The van der Waals surface area contributed by atoms with Crippen LogP contribution in [0.2, 0.25) is 5.02 Å². The van der Waals surface area contributed by atoms with Crippen LogP contribution in [0.15, 0.2) is 18.2 Å². The Balaban J connectivity index is 0.00000261. The number of nitrogens with one attached hydrogen (secondary N) is 1. The monoisotopic (exact) mass is 415 g/mol. The number of nitrogens with zero attached hydrogens (tertiary/aromatic N) is 1. The van der Waals surface area contributed by atoms with E-state index in [0.29, 0.717) is 29.3 Å². The number of benzene rings is 1. The average molecular weight is 416 g/mol.